The van der Waals surface area contributed by atoms with Crippen LogP contribution in [0.3, 0.4) is 0 Å². The first-order valence-corrected chi connectivity index (χ1v) is 26.7. The molecule has 4 saturated carbocycles. The average Bonchev–Trinajstić information content (AvgIpc) is 3.82. The highest BCUT2D eigenvalue weighted by Crippen LogP contribution is 2.70. The zero-order valence-electron chi connectivity index (χ0n) is 41.9. The standard InChI is InChI=1S/C50H80O23/c1-19-7-10-50(65-17-19)20(2)32-27(73-50)12-25-23-6-5-21-11-22(8-9-48(21,3)24(23)13-31(55)49(25,32)4)66-47-43(39(62)41(30(16-53)69-47)70-44-37(60)33(56)26(54)18-64-44)72-46-40(63)42(35(58)29(15-52)68-46)71-45-38(61)36(59)34(57)28(14-51)67-45/h19-30,32-47,51-54,56-63H,5-18H2,1-4H3/t19-,20+,21+,22+,23-,24+,25+,26-,27+,28-,29-,30-,32+,33+,34-,35-,36+,37-,38-,39+,40-,41+,42+,43-,44+,45+,46+,47-,48+,49-,50-/m1/s1. The summed E-state index contributed by atoms with van der Waals surface area (Å²) in [5.41, 5.74) is -0.721. The van der Waals surface area contributed by atoms with E-state index in [-0.39, 0.29) is 41.1 Å². The number of ketones is 1. The predicted molar refractivity (Wildman–Crippen MR) is 243 cm³/mol. The number of ether oxygens (including phenoxy) is 10. The van der Waals surface area contributed by atoms with Crippen LogP contribution in [0.25, 0.3) is 0 Å². The molecule has 6 heterocycles. The van der Waals surface area contributed by atoms with E-state index >= 15 is 0 Å². The summed E-state index contributed by atoms with van der Waals surface area (Å²) in [6.07, 6.45) is -26.3. The van der Waals surface area contributed by atoms with Crippen LogP contribution in [0.1, 0.15) is 85.5 Å². The average molecular weight is 1050 g/mol. The Bertz CT molecular complexity index is 1910. The molecule has 0 aromatic heterocycles. The van der Waals surface area contributed by atoms with Crippen molar-refractivity contribution >= 4 is 5.78 Å². The van der Waals surface area contributed by atoms with Gasteiger partial charge in [0.05, 0.1) is 45.2 Å². The van der Waals surface area contributed by atoms with E-state index in [2.05, 4.69) is 27.7 Å². The number of hydrogen-bond acceptors (Lipinski definition) is 23. The van der Waals surface area contributed by atoms with Crippen LogP contribution in [0.4, 0.5) is 0 Å². The van der Waals surface area contributed by atoms with Crippen molar-refractivity contribution in [3.05, 3.63) is 0 Å². The largest absolute Gasteiger partial charge is 0.394 e. The van der Waals surface area contributed by atoms with Crippen LogP contribution in [-0.2, 0) is 52.2 Å². The Morgan fingerprint density at radius 2 is 1.23 bits per heavy atom. The molecule has 23 heteroatoms. The lowest BCUT2D eigenvalue weighted by Crippen LogP contribution is -2.67. The van der Waals surface area contributed by atoms with Gasteiger partial charge in [0.25, 0.3) is 0 Å². The maximum Gasteiger partial charge on any atom is 0.187 e. The van der Waals surface area contributed by atoms with Gasteiger partial charge in [-0.2, -0.15) is 0 Å². The Balaban J connectivity index is 0.869. The Labute approximate surface area is 423 Å². The van der Waals surface area contributed by atoms with E-state index in [0.717, 1.165) is 32.1 Å². The summed E-state index contributed by atoms with van der Waals surface area (Å²) in [6, 6.07) is 0. The van der Waals surface area contributed by atoms with Crippen molar-refractivity contribution in [3.8, 4) is 0 Å². The van der Waals surface area contributed by atoms with Crippen molar-refractivity contribution in [3.63, 3.8) is 0 Å². The fourth-order valence-electron chi connectivity index (χ4n) is 15.6. The Kier molecular flexibility index (Phi) is 15.9. The zero-order valence-corrected chi connectivity index (χ0v) is 41.9. The molecule has 73 heavy (non-hydrogen) atoms. The molecule has 31 atom stereocenters. The maximum absolute atomic E-state index is 14.8. The lowest BCUT2D eigenvalue weighted by atomic mass is 9.44. The van der Waals surface area contributed by atoms with Crippen molar-refractivity contribution in [2.75, 3.05) is 33.0 Å². The molecule has 10 rings (SSSR count). The smallest absolute Gasteiger partial charge is 0.187 e. The van der Waals surface area contributed by atoms with Crippen LogP contribution in [0.2, 0.25) is 0 Å². The number of hydrogen-bond donors (Lipinski definition) is 12. The summed E-state index contributed by atoms with van der Waals surface area (Å²) >= 11 is 0. The first kappa shape index (κ1) is 55.1. The van der Waals surface area contributed by atoms with Gasteiger partial charge in [-0.1, -0.05) is 27.7 Å². The normalized spacial score (nSPS) is 57.2. The summed E-state index contributed by atoms with van der Waals surface area (Å²) in [6.45, 7) is 6.69. The SMILES string of the molecule is C[C@@H]1CC[C@@]2(OC1)O[C@H]1C[C@H]3[C@@H]4CC[C@H]5C[C@@H](O[C@@H]6O[C@H](CO)[C@H](O[C@@H]7OC[C@@H](O)[C@H](O)[C@H]7O)[C@H](O)[C@H]6O[C@@H]6O[C@H](CO)[C@@H](O)[C@H](O[C@@H]7O[C@H](CO)[C@@H](O)[C@H](O)[C@H]7O)[C@H]6O)CC[C@]5(C)[C@H]4CC(=O)[C@]3(C)[C@H]1[C@@H]2C. The van der Waals surface area contributed by atoms with E-state index in [9.17, 15) is 66.1 Å². The Morgan fingerprint density at radius 3 is 1.92 bits per heavy atom. The van der Waals surface area contributed by atoms with E-state index in [1.807, 2.05) is 0 Å². The third-order valence-electron chi connectivity index (χ3n) is 19.9. The number of fused-ring (bicyclic) bond motifs is 7. The van der Waals surface area contributed by atoms with Crippen molar-refractivity contribution in [2.45, 2.75) is 220 Å². The topological polar surface area (TPSA) is 352 Å². The second-order valence-corrected chi connectivity index (χ2v) is 23.7. The van der Waals surface area contributed by atoms with Crippen molar-refractivity contribution in [2.24, 2.45) is 52.3 Å². The van der Waals surface area contributed by atoms with Crippen molar-refractivity contribution in [1.29, 1.82) is 0 Å². The third kappa shape index (κ3) is 9.30. The van der Waals surface area contributed by atoms with Gasteiger partial charge in [0.2, 0.25) is 0 Å². The molecule has 4 aliphatic carbocycles. The van der Waals surface area contributed by atoms with Gasteiger partial charge in [-0.15, -0.1) is 0 Å². The Morgan fingerprint density at radius 1 is 0.589 bits per heavy atom. The number of carbonyl (C=O) groups is 1. The second kappa shape index (κ2) is 21.1. The molecule has 0 amide bonds. The molecule has 6 saturated heterocycles. The summed E-state index contributed by atoms with van der Waals surface area (Å²) in [5.74, 6) is 1.10. The minimum atomic E-state index is -2.02. The molecule has 0 unspecified atom stereocenters. The molecule has 418 valence electrons. The molecule has 0 aromatic carbocycles. The molecule has 6 aliphatic heterocycles. The van der Waals surface area contributed by atoms with Gasteiger partial charge in [0, 0.05) is 30.1 Å². The fraction of sp³-hybridized carbons (Fsp3) is 0.980. The number of carbonyl (C=O) groups excluding carboxylic acids is 1. The van der Waals surface area contributed by atoms with Crippen LogP contribution < -0.4 is 0 Å². The summed E-state index contributed by atoms with van der Waals surface area (Å²) < 4.78 is 61.3. The lowest BCUT2D eigenvalue weighted by molar-refractivity contribution is -0.397. The minimum Gasteiger partial charge on any atom is -0.394 e. The van der Waals surface area contributed by atoms with E-state index < -0.39 is 160 Å². The number of aliphatic hydroxyl groups is 12. The molecule has 0 aromatic rings. The number of aliphatic hydroxyl groups excluding tert-OH is 12. The van der Waals surface area contributed by atoms with Crippen LogP contribution in [-0.4, -0.2) is 235 Å². The fourth-order valence-corrected chi connectivity index (χ4v) is 15.6. The molecular formula is C50H80O23. The van der Waals surface area contributed by atoms with Crippen molar-refractivity contribution < 1.29 is 113 Å². The quantitative estimate of drug-likeness (QED) is 0.0913. The first-order valence-electron chi connectivity index (χ1n) is 26.7. The van der Waals surface area contributed by atoms with E-state index in [0.29, 0.717) is 49.9 Å². The molecule has 0 bridgehead atoms. The highest BCUT2D eigenvalue weighted by molar-refractivity contribution is 5.87. The number of Topliss-reactive ketones (excluding diaryl/α,β-unsaturated/α-hetero) is 1. The van der Waals surface area contributed by atoms with Crippen LogP contribution in [0.15, 0.2) is 0 Å². The highest BCUT2D eigenvalue weighted by Gasteiger charge is 2.72. The van der Waals surface area contributed by atoms with E-state index in [4.69, 9.17) is 47.4 Å². The summed E-state index contributed by atoms with van der Waals surface area (Å²) in [4.78, 5) is 14.8. The van der Waals surface area contributed by atoms with E-state index in [1.165, 1.54) is 0 Å². The Hall–Kier alpha value is -1.21. The minimum absolute atomic E-state index is 0.0372. The van der Waals surface area contributed by atoms with Gasteiger partial charge in [0.1, 0.15) is 97.3 Å². The molecular weight excluding hydrogens is 969 g/mol. The molecule has 12 N–H and O–H groups in total. The van der Waals surface area contributed by atoms with Gasteiger partial charge in [-0.25, -0.2) is 0 Å². The maximum atomic E-state index is 14.8. The molecule has 0 radical (unpaired) electrons. The van der Waals surface area contributed by atoms with E-state index in [1.54, 1.807) is 0 Å². The van der Waals surface area contributed by atoms with Gasteiger partial charge in [-0.3, -0.25) is 4.79 Å². The molecule has 1 spiro atoms. The third-order valence-corrected chi connectivity index (χ3v) is 19.9. The van der Waals surface area contributed by atoms with Gasteiger partial charge < -0.3 is 109 Å². The van der Waals surface area contributed by atoms with Crippen molar-refractivity contribution in [1.82, 2.24) is 0 Å². The summed E-state index contributed by atoms with van der Waals surface area (Å²) in [7, 11) is 0. The van der Waals surface area contributed by atoms with Crippen LogP contribution in [0, 0.1) is 52.3 Å². The van der Waals surface area contributed by atoms with Crippen LogP contribution in [0.5, 0.6) is 0 Å². The first-order chi connectivity index (χ1) is 34.7. The molecule has 23 nitrogen and oxygen atoms in total. The lowest BCUT2D eigenvalue weighted by Gasteiger charge is -2.61. The zero-order chi connectivity index (χ0) is 52.2. The number of rotatable bonds is 11. The van der Waals surface area contributed by atoms with Gasteiger partial charge >= 0.3 is 0 Å². The highest BCUT2D eigenvalue weighted by atomic mass is 16.8. The summed E-state index contributed by atoms with van der Waals surface area (Å²) in [5, 5.41) is 129. The molecule has 10 fully saturated rings. The monoisotopic (exact) mass is 1050 g/mol. The van der Waals surface area contributed by atoms with Gasteiger partial charge in [0.15, 0.2) is 30.9 Å². The second-order valence-electron chi connectivity index (χ2n) is 23.7. The van der Waals surface area contributed by atoms with Crippen LogP contribution >= 0.6 is 0 Å². The predicted octanol–water partition coefficient (Wildman–Crippen LogP) is -3.09. The molecule has 10 aliphatic rings. The van der Waals surface area contributed by atoms with Gasteiger partial charge in [-0.05, 0) is 80.0 Å².